The number of pyridine rings is 1. The van der Waals surface area contributed by atoms with Crippen molar-refractivity contribution in [3.8, 4) is 17.6 Å². The molecule has 0 spiro atoms. The quantitative estimate of drug-likeness (QED) is 0.406. The zero-order chi connectivity index (χ0) is 26.2. The predicted octanol–water partition coefficient (Wildman–Crippen LogP) is 5.75. The number of nitriles is 1. The number of amides is 1. The highest BCUT2D eigenvalue weighted by Crippen LogP contribution is 2.35. The van der Waals surface area contributed by atoms with E-state index < -0.39 is 23.9 Å². The van der Waals surface area contributed by atoms with Crippen LogP contribution in [-0.4, -0.2) is 28.1 Å². The number of halogens is 6. The van der Waals surface area contributed by atoms with Crippen LogP contribution < -0.4 is 10.1 Å². The molecule has 0 saturated heterocycles. The van der Waals surface area contributed by atoms with Crippen LogP contribution in [0.15, 0.2) is 54.9 Å². The number of hydrogen-bond acceptors (Lipinski definition) is 5. The minimum Gasteiger partial charge on any atom is -0.475 e. The molecule has 1 heterocycles. The van der Waals surface area contributed by atoms with Gasteiger partial charge < -0.3 is 15.2 Å². The molecule has 3 rings (SSSR count). The second-order valence-electron chi connectivity index (χ2n) is 6.47. The molecule has 0 aliphatic carbocycles. The molecule has 0 aliphatic rings. The lowest BCUT2D eigenvalue weighted by molar-refractivity contribution is -0.192. The number of carbonyl (C=O) groups excluding carboxylic acids is 1. The average Bonchev–Trinajstić information content (AvgIpc) is 2.81. The van der Waals surface area contributed by atoms with E-state index in [0.717, 1.165) is 0 Å². The molecule has 2 N–H and O–H groups in total. The molecule has 0 bridgehead atoms. The summed E-state index contributed by atoms with van der Waals surface area (Å²) < 4.78 is 52.2. The Labute approximate surface area is 205 Å². The Bertz CT molecular complexity index is 1270. The fourth-order valence-corrected chi connectivity index (χ4v) is 2.79. The van der Waals surface area contributed by atoms with Crippen molar-refractivity contribution in [1.82, 2.24) is 10.3 Å². The molecule has 7 nitrogen and oxygen atoms in total. The van der Waals surface area contributed by atoms with E-state index in [1.54, 1.807) is 18.3 Å². The normalized spacial score (nSPS) is 10.4. The largest absolute Gasteiger partial charge is 0.490 e. The zero-order valence-corrected chi connectivity index (χ0v) is 18.7. The molecule has 3 aromatic rings. The van der Waals surface area contributed by atoms with Crippen LogP contribution in [0.2, 0.25) is 10.0 Å². The number of aromatic nitrogens is 1. The molecule has 13 heteroatoms. The molecular weight excluding hydrogens is 517 g/mol. The number of nitrogens with one attached hydrogen (secondary N) is 1. The van der Waals surface area contributed by atoms with Crippen LogP contribution in [-0.2, 0) is 11.3 Å². The lowest BCUT2D eigenvalue weighted by atomic mass is 10.1. The van der Waals surface area contributed by atoms with E-state index >= 15 is 0 Å². The van der Waals surface area contributed by atoms with Crippen molar-refractivity contribution in [2.45, 2.75) is 12.7 Å². The van der Waals surface area contributed by atoms with Gasteiger partial charge in [0.05, 0.1) is 22.2 Å². The highest BCUT2D eigenvalue weighted by atomic mass is 35.5. The molecule has 1 aromatic heterocycles. The average molecular weight is 530 g/mol. The minimum atomic E-state index is -5.08. The molecular formula is C22H13Cl2F4N3O4. The number of rotatable bonds is 5. The molecule has 0 aliphatic heterocycles. The summed E-state index contributed by atoms with van der Waals surface area (Å²) in [6.07, 6.45) is -2.12. The smallest absolute Gasteiger partial charge is 0.475 e. The molecule has 2 aromatic carbocycles. The van der Waals surface area contributed by atoms with Gasteiger partial charge in [-0.3, -0.25) is 9.78 Å². The van der Waals surface area contributed by atoms with Gasteiger partial charge in [-0.15, -0.1) is 0 Å². The van der Waals surface area contributed by atoms with Gasteiger partial charge >= 0.3 is 12.1 Å². The number of benzene rings is 2. The third-order valence-electron chi connectivity index (χ3n) is 3.95. The van der Waals surface area contributed by atoms with Gasteiger partial charge in [-0.05, 0) is 36.4 Å². The first-order chi connectivity index (χ1) is 16.4. The van der Waals surface area contributed by atoms with Crippen LogP contribution in [0.3, 0.4) is 0 Å². The summed E-state index contributed by atoms with van der Waals surface area (Å²) in [4.78, 5) is 24.9. The minimum absolute atomic E-state index is 0.0401. The first kappa shape index (κ1) is 27.4. The molecule has 0 radical (unpaired) electrons. The number of alkyl halides is 3. The summed E-state index contributed by atoms with van der Waals surface area (Å²) in [5, 5.41) is 19.1. The van der Waals surface area contributed by atoms with Crippen LogP contribution in [0, 0.1) is 17.1 Å². The first-order valence-electron chi connectivity index (χ1n) is 9.26. The van der Waals surface area contributed by atoms with Crippen molar-refractivity contribution in [3.05, 3.63) is 87.4 Å². The maximum absolute atomic E-state index is 14.9. The Morgan fingerprint density at radius 3 is 2.43 bits per heavy atom. The second kappa shape index (κ2) is 12.0. The number of aliphatic carboxylic acids is 1. The Morgan fingerprint density at radius 1 is 1.17 bits per heavy atom. The Balaban J connectivity index is 0.000000540. The highest BCUT2D eigenvalue weighted by Gasteiger charge is 2.38. The Morgan fingerprint density at radius 2 is 1.86 bits per heavy atom. The molecule has 1 amide bonds. The van der Waals surface area contributed by atoms with E-state index in [-0.39, 0.29) is 39.2 Å². The van der Waals surface area contributed by atoms with Crippen LogP contribution in [0.25, 0.3) is 0 Å². The predicted molar refractivity (Wildman–Crippen MR) is 117 cm³/mol. The third kappa shape index (κ3) is 8.13. The van der Waals surface area contributed by atoms with Gasteiger partial charge in [0.25, 0.3) is 5.91 Å². The van der Waals surface area contributed by atoms with E-state index in [2.05, 4.69) is 10.3 Å². The van der Waals surface area contributed by atoms with Crippen LogP contribution in [0.5, 0.6) is 11.5 Å². The molecule has 0 unspecified atom stereocenters. The van der Waals surface area contributed by atoms with Crippen molar-refractivity contribution in [3.63, 3.8) is 0 Å². The van der Waals surface area contributed by atoms with Crippen LogP contribution >= 0.6 is 23.2 Å². The molecule has 0 fully saturated rings. The summed E-state index contributed by atoms with van der Waals surface area (Å²) in [6, 6.07) is 12.4. The van der Waals surface area contributed by atoms with Gasteiger partial charge in [-0.2, -0.15) is 18.4 Å². The van der Waals surface area contributed by atoms with E-state index in [0.29, 0.717) is 5.56 Å². The van der Waals surface area contributed by atoms with E-state index in [9.17, 15) is 22.4 Å². The molecule has 182 valence electrons. The number of nitrogens with zero attached hydrogens (tertiary/aromatic N) is 2. The summed E-state index contributed by atoms with van der Waals surface area (Å²) >= 11 is 12.0. The van der Waals surface area contributed by atoms with E-state index in [4.69, 9.17) is 43.1 Å². The standard InChI is InChI=1S/C20H12Cl2FN3O2.C2HF3O2/c21-15-6-12(9-24)7-16(8-15)28-19-17(22)4-3-13(18(19)23)11-26-20(27)14-2-1-5-25-10-14;3-2(4,5)1(6)7/h1-8,10H,11H2,(H,26,27);(H,6,7). The summed E-state index contributed by atoms with van der Waals surface area (Å²) in [7, 11) is 0. The summed E-state index contributed by atoms with van der Waals surface area (Å²) in [6.45, 7) is -0.0773. The number of carboxylic acids is 1. The lowest BCUT2D eigenvalue weighted by Crippen LogP contribution is -2.23. The maximum Gasteiger partial charge on any atom is 0.490 e. The maximum atomic E-state index is 14.9. The van der Waals surface area contributed by atoms with Gasteiger partial charge in [-0.1, -0.05) is 29.3 Å². The lowest BCUT2D eigenvalue weighted by Gasteiger charge is -2.13. The number of hydrogen-bond donors (Lipinski definition) is 2. The molecule has 35 heavy (non-hydrogen) atoms. The van der Waals surface area contributed by atoms with E-state index in [1.807, 2.05) is 6.07 Å². The van der Waals surface area contributed by atoms with Crippen molar-refractivity contribution < 1.29 is 37.0 Å². The van der Waals surface area contributed by atoms with Crippen molar-refractivity contribution in [2.24, 2.45) is 0 Å². The second-order valence-corrected chi connectivity index (χ2v) is 7.31. The zero-order valence-electron chi connectivity index (χ0n) is 17.2. The van der Waals surface area contributed by atoms with Crippen molar-refractivity contribution >= 4 is 35.1 Å². The number of carbonyl (C=O) groups is 2. The summed E-state index contributed by atoms with van der Waals surface area (Å²) in [5.74, 6) is -3.93. The van der Waals surface area contributed by atoms with Gasteiger partial charge in [0.1, 0.15) is 5.75 Å². The first-order valence-corrected chi connectivity index (χ1v) is 10.0. The van der Waals surface area contributed by atoms with Crippen LogP contribution in [0.4, 0.5) is 17.6 Å². The van der Waals surface area contributed by atoms with Crippen LogP contribution in [0.1, 0.15) is 21.5 Å². The third-order valence-corrected chi connectivity index (χ3v) is 4.47. The number of carboxylic acid groups (broad SMARTS) is 1. The number of ether oxygens (including phenoxy) is 1. The molecule has 0 saturated carbocycles. The SMILES string of the molecule is N#Cc1cc(Cl)cc(Oc2c(Cl)ccc(CNC(=O)c3cccnc3)c2F)c1.O=C(O)C(F)(F)F. The van der Waals surface area contributed by atoms with Gasteiger partial charge in [0, 0.05) is 29.5 Å². The monoisotopic (exact) mass is 529 g/mol. The topological polar surface area (TPSA) is 112 Å². The van der Waals surface area contributed by atoms with Gasteiger partial charge in [0.15, 0.2) is 11.6 Å². The Hall–Kier alpha value is -3.88. The highest BCUT2D eigenvalue weighted by molar-refractivity contribution is 6.32. The van der Waals surface area contributed by atoms with Crippen molar-refractivity contribution in [2.75, 3.05) is 0 Å². The fraction of sp³-hybridized carbons (Fsp3) is 0.0909. The fourth-order valence-electron chi connectivity index (χ4n) is 2.38. The Kier molecular flexibility index (Phi) is 9.39. The van der Waals surface area contributed by atoms with Gasteiger partial charge in [0.2, 0.25) is 0 Å². The summed E-state index contributed by atoms with van der Waals surface area (Å²) in [5.41, 5.74) is 0.800. The van der Waals surface area contributed by atoms with Gasteiger partial charge in [-0.25, -0.2) is 9.18 Å². The molecule has 0 atom stereocenters. The van der Waals surface area contributed by atoms with Crippen molar-refractivity contribution in [1.29, 1.82) is 5.26 Å². The van der Waals surface area contributed by atoms with E-state index in [1.165, 1.54) is 36.5 Å².